The van der Waals surface area contributed by atoms with Gasteiger partial charge in [0.15, 0.2) is 5.78 Å². The Bertz CT molecular complexity index is 663. The summed E-state index contributed by atoms with van der Waals surface area (Å²) in [5.74, 6) is -0.0517. The van der Waals surface area contributed by atoms with Crippen molar-refractivity contribution in [2.24, 2.45) is 0 Å². The molecule has 0 radical (unpaired) electrons. The van der Waals surface area contributed by atoms with Crippen LogP contribution in [0.5, 0.6) is 0 Å². The van der Waals surface area contributed by atoms with Crippen LogP contribution in [0.4, 0.5) is 5.69 Å². The molecule has 0 aliphatic carbocycles. The van der Waals surface area contributed by atoms with Crippen molar-refractivity contribution in [2.75, 3.05) is 11.9 Å². The number of anilines is 1. The van der Waals surface area contributed by atoms with Crippen molar-refractivity contribution in [2.45, 2.75) is 6.92 Å². The number of carbonyl (C=O) groups is 1. The van der Waals surface area contributed by atoms with E-state index in [-0.39, 0.29) is 5.78 Å². The summed E-state index contributed by atoms with van der Waals surface area (Å²) in [5, 5.41) is 4.16. The first-order valence-corrected chi connectivity index (χ1v) is 7.37. The minimum absolute atomic E-state index is 0.0517. The van der Waals surface area contributed by atoms with Crippen LogP contribution < -0.4 is 5.32 Å². The highest BCUT2D eigenvalue weighted by Crippen LogP contribution is 2.23. The maximum atomic E-state index is 12.1. The number of hydrogen-bond donors (Lipinski definition) is 1. The fourth-order valence-electron chi connectivity index (χ4n) is 1.84. The predicted molar refractivity (Wildman–Crippen MR) is 90.4 cm³/mol. The second-order valence-electron chi connectivity index (χ2n) is 4.48. The molecule has 0 saturated carbocycles. The average Bonchev–Trinajstić information content (AvgIpc) is 2.49. The summed E-state index contributed by atoms with van der Waals surface area (Å²) < 4.78 is 0. The minimum Gasteiger partial charge on any atom is -0.385 e. The summed E-state index contributed by atoms with van der Waals surface area (Å²) in [6, 6.07) is 12.6. The van der Waals surface area contributed by atoms with Crippen molar-refractivity contribution >= 4 is 40.7 Å². The molecule has 0 atom stereocenters. The van der Waals surface area contributed by atoms with Gasteiger partial charge in [-0.05, 0) is 55.0 Å². The molecule has 0 bridgehead atoms. The van der Waals surface area contributed by atoms with E-state index in [1.165, 1.54) is 6.08 Å². The predicted octanol–water partition coefficient (Wildman–Crippen LogP) is 5.32. The fourth-order valence-corrected chi connectivity index (χ4v) is 2.15. The molecule has 0 aliphatic heterocycles. The first kappa shape index (κ1) is 15.6. The Morgan fingerprint density at radius 2 is 1.81 bits per heavy atom. The lowest BCUT2D eigenvalue weighted by Gasteiger charge is -2.03. The molecule has 2 rings (SSSR count). The van der Waals surface area contributed by atoms with Crippen LogP contribution in [0.1, 0.15) is 22.8 Å². The van der Waals surface area contributed by atoms with Crippen LogP contribution in [-0.2, 0) is 0 Å². The van der Waals surface area contributed by atoms with Crippen LogP contribution in [0, 0.1) is 0 Å². The van der Waals surface area contributed by atoms with Gasteiger partial charge in [-0.25, -0.2) is 0 Å². The second kappa shape index (κ2) is 7.30. The summed E-state index contributed by atoms with van der Waals surface area (Å²) in [7, 11) is 0. The number of nitrogens with one attached hydrogen (secondary N) is 1. The Labute approximate surface area is 134 Å². The maximum absolute atomic E-state index is 12.1. The molecule has 0 saturated heterocycles. The highest BCUT2D eigenvalue weighted by Gasteiger charge is 2.02. The molecule has 0 heterocycles. The fraction of sp³-hybridized carbons (Fsp3) is 0.118. The first-order valence-electron chi connectivity index (χ1n) is 6.61. The third kappa shape index (κ3) is 4.35. The minimum atomic E-state index is -0.0517. The lowest BCUT2D eigenvalue weighted by Crippen LogP contribution is -1.98. The third-order valence-corrected chi connectivity index (χ3v) is 3.66. The topological polar surface area (TPSA) is 29.1 Å². The maximum Gasteiger partial charge on any atom is 0.185 e. The number of hydrogen-bond acceptors (Lipinski definition) is 2. The van der Waals surface area contributed by atoms with E-state index < -0.39 is 0 Å². The first-order chi connectivity index (χ1) is 10.1. The average molecular weight is 320 g/mol. The van der Waals surface area contributed by atoms with Gasteiger partial charge < -0.3 is 5.32 Å². The van der Waals surface area contributed by atoms with E-state index in [4.69, 9.17) is 23.2 Å². The third-order valence-electron chi connectivity index (χ3n) is 2.92. The van der Waals surface area contributed by atoms with Gasteiger partial charge in [0.1, 0.15) is 0 Å². The molecule has 0 aromatic heterocycles. The number of benzene rings is 2. The zero-order chi connectivity index (χ0) is 15.2. The summed E-state index contributed by atoms with van der Waals surface area (Å²) in [6.07, 6.45) is 3.25. The molecular weight excluding hydrogens is 305 g/mol. The number of rotatable bonds is 5. The van der Waals surface area contributed by atoms with Crippen molar-refractivity contribution < 1.29 is 4.79 Å². The highest BCUT2D eigenvalue weighted by molar-refractivity contribution is 6.42. The number of carbonyl (C=O) groups excluding carboxylic acids is 1. The van der Waals surface area contributed by atoms with Crippen LogP contribution in [0.3, 0.4) is 0 Å². The SMILES string of the molecule is CCNc1ccc(C(=O)/C=C/c2ccc(Cl)c(Cl)c2)cc1. The Balaban J connectivity index is 2.09. The Kier molecular flexibility index (Phi) is 5.43. The zero-order valence-corrected chi connectivity index (χ0v) is 13.1. The Morgan fingerprint density at radius 3 is 2.43 bits per heavy atom. The van der Waals surface area contributed by atoms with Crippen LogP contribution >= 0.6 is 23.2 Å². The number of halogens is 2. The molecule has 0 unspecified atom stereocenters. The molecule has 1 N–H and O–H groups in total. The van der Waals surface area contributed by atoms with Crippen molar-refractivity contribution in [3.05, 3.63) is 69.7 Å². The molecule has 108 valence electrons. The van der Waals surface area contributed by atoms with E-state index in [0.717, 1.165) is 17.8 Å². The van der Waals surface area contributed by atoms with E-state index in [2.05, 4.69) is 5.32 Å². The molecule has 0 aliphatic rings. The van der Waals surface area contributed by atoms with E-state index in [1.54, 1.807) is 30.3 Å². The number of allylic oxidation sites excluding steroid dienone is 1. The van der Waals surface area contributed by atoms with Gasteiger partial charge in [-0.2, -0.15) is 0 Å². The van der Waals surface area contributed by atoms with Crippen LogP contribution in [-0.4, -0.2) is 12.3 Å². The van der Waals surface area contributed by atoms with Crippen molar-refractivity contribution in [1.29, 1.82) is 0 Å². The second-order valence-corrected chi connectivity index (χ2v) is 5.29. The summed E-state index contributed by atoms with van der Waals surface area (Å²) in [6.45, 7) is 2.88. The number of ketones is 1. The molecule has 0 fully saturated rings. The Morgan fingerprint density at radius 1 is 1.10 bits per heavy atom. The van der Waals surface area contributed by atoms with Gasteiger partial charge in [0, 0.05) is 17.8 Å². The summed E-state index contributed by atoms with van der Waals surface area (Å²) in [5.41, 5.74) is 2.48. The van der Waals surface area contributed by atoms with E-state index >= 15 is 0 Å². The van der Waals surface area contributed by atoms with Gasteiger partial charge in [-0.3, -0.25) is 4.79 Å². The molecule has 2 aromatic rings. The van der Waals surface area contributed by atoms with Gasteiger partial charge in [0.05, 0.1) is 10.0 Å². The normalized spacial score (nSPS) is 10.8. The van der Waals surface area contributed by atoms with Gasteiger partial charge in [-0.1, -0.05) is 35.3 Å². The molecule has 4 heteroatoms. The quantitative estimate of drug-likeness (QED) is 0.596. The molecular formula is C17H15Cl2NO. The van der Waals surface area contributed by atoms with Gasteiger partial charge in [0.25, 0.3) is 0 Å². The largest absolute Gasteiger partial charge is 0.385 e. The monoisotopic (exact) mass is 319 g/mol. The lowest BCUT2D eigenvalue weighted by atomic mass is 10.1. The van der Waals surface area contributed by atoms with Gasteiger partial charge in [-0.15, -0.1) is 0 Å². The smallest absolute Gasteiger partial charge is 0.185 e. The van der Waals surface area contributed by atoms with Crippen molar-refractivity contribution in [3.63, 3.8) is 0 Å². The van der Waals surface area contributed by atoms with E-state index in [9.17, 15) is 4.79 Å². The van der Waals surface area contributed by atoms with E-state index in [0.29, 0.717) is 15.6 Å². The summed E-state index contributed by atoms with van der Waals surface area (Å²) in [4.78, 5) is 12.1. The van der Waals surface area contributed by atoms with Gasteiger partial charge in [0.2, 0.25) is 0 Å². The lowest BCUT2D eigenvalue weighted by molar-refractivity contribution is 0.104. The zero-order valence-electron chi connectivity index (χ0n) is 11.6. The van der Waals surface area contributed by atoms with Crippen LogP contribution in [0.2, 0.25) is 10.0 Å². The van der Waals surface area contributed by atoms with Gasteiger partial charge >= 0.3 is 0 Å². The van der Waals surface area contributed by atoms with Crippen molar-refractivity contribution in [3.8, 4) is 0 Å². The molecule has 2 nitrogen and oxygen atoms in total. The standard InChI is InChI=1S/C17H15Cl2NO/c1-2-20-14-7-5-13(6-8-14)17(21)10-4-12-3-9-15(18)16(19)11-12/h3-11,20H,2H2,1H3/b10-4+. The Hall–Kier alpha value is -1.77. The molecule has 0 spiro atoms. The summed E-state index contributed by atoms with van der Waals surface area (Å²) >= 11 is 11.8. The molecule has 0 amide bonds. The van der Waals surface area contributed by atoms with Crippen molar-refractivity contribution in [1.82, 2.24) is 0 Å². The molecule has 21 heavy (non-hydrogen) atoms. The highest BCUT2D eigenvalue weighted by atomic mass is 35.5. The molecule has 2 aromatic carbocycles. The van der Waals surface area contributed by atoms with Crippen LogP contribution in [0.25, 0.3) is 6.08 Å². The van der Waals surface area contributed by atoms with E-state index in [1.807, 2.05) is 25.1 Å². The van der Waals surface area contributed by atoms with Crippen LogP contribution in [0.15, 0.2) is 48.5 Å².